The standard InChI is InChI=1S/C15H16N6O/c1-9-18-13-11(3-5-16-13)14(19-9)21-6-4-10-12(7-21)17-8-20(2)15(10)22/h3,5,8H,4,6-7H2,1-2H3,(H,16,18,19). The Morgan fingerprint density at radius 2 is 2.18 bits per heavy atom. The topological polar surface area (TPSA) is 79.7 Å². The minimum absolute atomic E-state index is 0.0512. The van der Waals surface area contributed by atoms with Crippen LogP contribution in [0, 0.1) is 6.92 Å². The van der Waals surface area contributed by atoms with Gasteiger partial charge in [-0.1, -0.05) is 0 Å². The van der Waals surface area contributed by atoms with Crippen molar-refractivity contribution in [3.05, 3.63) is 46.0 Å². The number of rotatable bonds is 1. The van der Waals surface area contributed by atoms with Gasteiger partial charge in [-0.05, 0) is 19.4 Å². The number of H-pyrrole nitrogens is 1. The van der Waals surface area contributed by atoms with E-state index in [1.165, 1.54) is 4.57 Å². The van der Waals surface area contributed by atoms with Crippen molar-refractivity contribution in [2.24, 2.45) is 7.05 Å². The number of hydrogen-bond acceptors (Lipinski definition) is 5. The molecular weight excluding hydrogens is 280 g/mol. The summed E-state index contributed by atoms with van der Waals surface area (Å²) in [6.45, 7) is 3.24. The molecule has 0 spiro atoms. The molecule has 3 aromatic heterocycles. The van der Waals surface area contributed by atoms with Gasteiger partial charge in [0.25, 0.3) is 5.56 Å². The largest absolute Gasteiger partial charge is 0.350 e. The number of aromatic nitrogens is 5. The lowest BCUT2D eigenvalue weighted by Gasteiger charge is -2.29. The van der Waals surface area contributed by atoms with Crippen LogP contribution in [0.3, 0.4) is 0 Å². The number of anilines is 1. The molecule has 0 bridgehead atoms. The maximum Gasteiger partial charge on any atom is 0.256 e. The van der Waals surface area contributed by atoms with Crippen molar-refractivity contribution < 1.29 is 0 Å². The predicted octanol–water partition coefficient (Wildman–Crippen LogP) is 0.923. The first-order valence-corrected chi connectivity index (χ1v) is 7.23. The molecule has 0 amide bonds. The van der Waals surface area contributed by atoms with Gasteiger partial charge in [-0.3, -0.25) is 4.79 Å². The molecule has 0 aliphatic carbocycles. The van der Waals surface area contributed by atoms with E-state index < -0.39 is 0 Å². The van der Waals surface area contributed by atoms with E-state index in [2.05, 4.69) is 24.8 Å². The number of hydrogen-bond donors (Lipinski definition) is 1. The van der Waals surface area contributed by atoms with Crippen LogP contribution in [0.5, 0.6) is 0 Å². The number of nitrogens with zero attached hydrogens (tertiary/aromatic N) is 5. The van der Waals surface area contributed by atoms with Crippen molar-refractivity contribution in [3.63, 3.8) is 0 Å². The van der Waals surface area contributed by atoms with Gasteiger partial charge in [0, 0.05) is 25.4 Å². The van der Waals surface area contributed by atoms with E-state index in [0.717, 1.165) is 40.5 Å². The van der Waals surface area contributed by atoms with Gasteiger partial charge in [0.2, 0.25) is 0 Å². The molecule has 7 nitrogen and oxygen atoms in total. The van der Waals surface area contributed by atoms with Crippen LogP contribution in [-0.2, 0) is 20.0 Å². The van der Waals surface area contributed by atoms with Gasteiger partial charge in [-0.2, -0.15) is 0 Å². The van der Waals surface area contributed by atoms with Crippen LogP contribution in [0.2, 0.25) is 0 Å². The van der Waals surface area contributed by atoms with E-state index >= 15 is 0 Å². The Kier molecular flexibility index (Phi) is 2.75. The Labute approximate surface area is 126 Å². The quantitative estimate of drug-likeness (QED) is 0.722. The van der Waals surface area contributed by atoms with Crippen molar-refractivity contribution in [2.45, 2.75) is 19.9 Å². The number of aryl methyl sites for hydroxylation is 2. The zero-order chi connectivity index (χ0) is 15.3. The van der Waals surface area contributed by atoms with Crippen molar-refractivity contribution in [1.82, 2.24) is 24.5 Å². The van der Waals surface area contributed by atoms with Crippen LogP contribution in [0.25, 0.3) is 11.0 Å². The van der Waals surface area contributed by atoms with Crippen LogP contribution >= 0.6 is 0 Å². The van der Waals surface area contributed by atoms with E-state index in [1.54, 1.807) is 13.4 Å². The predicted molar refractivity (Wildman–Crippen MR) is 82.9 cm³/mol. The molecule has 0 unspecified atom stereocenters. The Morgan fingerprint density at radius 3 is 3.05 bits per heavy atom. The molecule has 0 aromatic carbocycles. The van der Waals surface area contributed by atoms with E-state index in [-0.39, 0.29) is 5.56 Å². The molecule has 0 radical (unpaired) electrons. The van der Waals surface area contributed by atoms with Gasteiger partial charge >= 0.3 is 0 Å². The van der Waals surface area contributed by atoms with Crippen LogP contribution in [0.4, 0.5) is 5.82 Å². The highest BCUT2D eigenvalue weighted by atomic mass is 16.1. The van der Waals surface area contributed by atoms with Crippen molar-refractivity contribution in [1.29, 1.82) is 0 Å². The van der Waals surface area contributed by atoms with E-state index in [9.17, 15) is 4.79 Å². The van der Waals surface area contributed by atoms with Crippen molar-refractivity contribution in [3.8, 4) is 0 Å². The number of nitrogens with one attached hydrogen (secondary N) is 1. The normalized spacial score (nSPS) is 14.4. The highest BCUT2D eigenvalue weighted by Gasteiger charge is 2.23. The fraction of sp³-hybridized carbons (Fsp3) is 0.333. The minimum atomic E-state index is 0.0512. The molecule has 3 aromatic rings. The number of aromatic amines is 1. The first-order valence-electron chi connectivity index (χ1n) is 7.23. The summed E-state index contributed by atoms with van der Waals surface area (Å²) in [4.78, 5) is 30.9. The third-order valence-corrected chi connectivity index (χ3v) is 4.09. The Hall–Kier alpha value is -2.70. The summed E-state index contributed by atoms with van der Waals surface area (Å²) in [6.07, 6.45) is 4.14. The van der Waals surface area contributed by atoms with Gasteiger partial charge in [0.15, 0.2) is 0 Å². The lowest BCUT2D eigenvalue weighted by atomic mass is 10.1. The average molecular weight is 296 g/mol. The fourth-order valence-corrected chi connectivity index (χ4v) is 2.97. The molecule has 0 saturated heterocycles. The second-order valence-corrected chi connectivity index (χ2v) is 5.59. The monoisotopic (exact) mass is 296 g/mol. The smallest absolute Gasteiger partial charge is 0.256 e. The Bertz CT molecular complexity index is 925. The van der Waals surface area contributed by atoms with Gasteiger partial charge in [0.1, 0.15) is 17.3 Å². The maximum absolute atomic E-state index is 12.2. The van der Waals surface area contributed by atoms with Crippen LogP contribution in [-0.4, -0.2) is 31.0 Å². The highest BCUT2D eigenvalue weighted by Crippen LogP contribution is 2.26. The van der Waals surface area contributed by atoms with Crippen LogP contribution < -0.4 is 10.5 Å². The summed E-state index contributed by atoms with van der Waals surface area (Å²) < 4.78 is 1.54. The third kappa shape index (κ3) is 1.89. The molecule has 4 heterocycles. The van der Waals surface area contributed by atoms with E-state index in [4.69, 9.17) is 0 Å². The molecule has 0 saturated carbocycles. The molecule has 112 valence electrons. The van der Waals surface area contributed by atoms with Gasteiger partial charge < -0.3 is 14.5 Å². The first kappa shape index (κ1) is 13.0. The molecule has 0 fully saturated rings. The summed E-state index contributed by atoms with van der Waals surface area (Å²) >= 11 is 0. The SMILES string of the molecule is Cc1nc(N2CCc3c(ncn(C)c3=O)C2)c2cc[nH]c2n1. The van der Waals surface area contributed by atoms with Gasteiger partial charge in [0.05, 0.1) is 24.0 Å². The second kappa shape index (κ2) is 4.66. The number of fused-ring (bicyclic) bond motifs is 2. The van der Waals surface area contributed by atoms with E-state index in [1.807, 2.05) is 19.2 Å². The summed E-state index contributed by atoms with van der Waals surface area (Å²) in [5.74, 6) is 1.63. The first-order chi connectivity index (χ1) is 10.6. The molecular formula is C15H16N6O. The summed E-state index contributed by atoms with van der Waals surface area (Å²) in [6, 6.07) is 1.98. The minimum Gasteiger partial charge on any atom is -0.350 e. The molecule has 1 N–H and O–H groups in total. The zero-order valence-electron chi connectivity index (χ0n) is 12.5. The molecule has 22 heavy (non-hydrogen) atoms. The highest BCUT2D eigenvalue weighted by molar-refractivity contribution is 5.87. The Balaban J connectivity index is 1.80. The molecule has 1 aliphatic rings. The molecule has 0 atom stereocenters. The second-order valence-electron chi connectivity index (χ2n) is 5.59. The van der Waals surface area contributed by atoms with Gasteiger partial charge in [-0.25, -0.2) is 15.0 Å². The fourth-order valence-electron chi connectivity index (χ4n) is 2.97. The van der Waals surface area contributed by atoms with Gasteiger partial charge in [-0.15, -0.1) is 0 Å². The zero-order valence-corrected chi connectivity index (χ0v) is 12.5. The summed E-state index contributed by atoms with van der Waals surface area (Å²) in [5.41, 5.74) is 2.55. The third-order valence-electron chi connectivity index (χ3n) is 4.09. The van der Waals surface area contributed by atoms with Crippen molar-refractivity contribution >= 4 is 16.9 Å². The summed E-state index contributed by atoms with van der Waals surface area (Å²) in [5, 5.41) is 0.998. The molecule has 7 heteroatoms. The Morgan fingerprint density at radius 1 is 1.32 bits per heavy atom. The maximum atomic E-state index is 12.2. The lowest BCUT2D eigenvalue weighted by molar-refractivity contribution is 0.664. The average Bonchev–Trinajstić information content (AvgIpc) is 2.98. The lowest BCUT2D eigenvalue weighted by Crippen LogP contribution is -2.37. The van der Waals surface area contributed by atoms with Crippen LogP contribution in [0.1, 0.15) is 17.1 Å². The molecule has 4 rings (SSSR count). The van der Waals surface area contributed by atoms with E-state index in [0.29, 0.717) is 13.0 Å². The van der Waals surface area contributed by atoms with Crippen molar-refractivity contribution in [2.75, 3.05) is 11.4 Å². The molecule has 1 aliphatic heterocycles. The van der Waals surface area contributed by atoms with Crippen LogP contribution in [0.15, 0.2) is 23.4 Å². The summed E-state index contributed by atoms with van der Waals surface area (Å²) in [7, 11) is 1.74.